The van der Waals surface area contributed by atoms with Crippen LogP contribution in [0, 0.1) is 6.92 Å². The number of alkyl halides is 3. The van der Waals surface area contributed by atoms with Crippen LogP contribution in [0.3, 0.4) is 0 Å². The largest absolute Gasteiger partial charge is 0.573 e. The fourth-order valence-electron chi connectivity index (χ4n) is 0.648. The van der Waals surface area contributed by atoms with E-state index in [4.69, 9.17) is 0 Å². The summed E-state index contributed by atoms with van der Waals surface area (Å²) in [7, 11) is 0. The highest BCUT2D eigenvalue weighted by Crippen LogP contribution is 2.21. The zero-order chi connectivity index (χ0) is 9.19. The summed E-state index contributed by atoms with van der Waals surface area (Å²) in [6.45, 7) is 1.68. The Morgan fingerprint density at radius 1 is 1.33 bits per heavy atom. The van der Waals surface area contributed by atoms with Gasteiger partial charge >= 0.3 is 6.36 Å². The average molecular weight is 177 g/mol. The highest BCUT2D eigenvalue weighted by Gasteiger charge is 2.31. The Kier molecular flexibility index (Phi) is 2.21. The maximum atomic E-state index is 11.6. The van der Waals surface area contributed by atoms with Gasteiger partial charge in [-0.25, -0.2) is 0 Å². The lowest BCUT2D eigenvalue weighted by atomic mass is 10.4. The van der Waals surface area contributed by atoms with Gasteiger partial charge in [-0.1, -0.05) is 0 Å². The van der Waals surface area contributed by atoms with Gasteiger partial charge in [0.05, 0.1) is 6.20 Å². The summed E-state index contributed by atoms with van der Waals surface area (Å²) in [6, 6.07) is 2.66. The molecule has 1 aromatic rings. The second-order valence-corrected chi connectivity index (χ2v) is 2.18. The molecular formula is C7H6F3NO. The van der Waals surface area contributed by atoms with E-state index in [1.54, 1.807) is 6.92 Å². The molecule has 0 atom stereocenters. The highest BCUT2D eigenvalue weighted by molar-refractivity contribution is 5.19. The molecule has 0 aliphatic rings. The van der Waals surface area contributed by atoms with Crippen LogP contribution in [0.1, 0.15) is 5.69 Å². The fraction of sp³-hybridized carbons (Fsp3) is 0.286. The Balaban J connectivity index is 2.71. The van der Waals surface area contributed by atoms with Gasteiger partial charge in [0.25, 0.3) is 0 Å². The third kappa shape index (κ3) is 2.77. The predicted molar refractivity (Wildman–Crippen MR) is 35.7 cm³/mol. The van der Waals surface area contributed by atoms with E-state index in [0.29, 0.717) is 5.69 Å². The summed E-state index contributed by atoms with van der Waals surface area (Å²) in [5.74, 6) is -0.298. The van der Waals surface area contributed by atoms with Crippen molar-refractivity contribution in [1.29, 1.82) is 0 Å². The van der Waals surface area contributed by atoms with E-state index in [2.05, 4.69) is 9.72 Å². The van der Waals surface area contributed by atoms with Gasteiger partial charge in [-0.05, 0) is 19.1 Å². The van der Waals surface area contributed by atoms with Crippen LogP contribution in [0.15, 0.2) is 18.3 Å². The summed E-state index contributed by atoms with van der Waals surface area (Å²) in [4.78, 5) is 3.64. The fourth-order valence-corrected chi connectivity index (χ4v) is 0.648. The van der Waals surface area contributed by atoms with Crippen molar-refractivity contribution in [2.24, 2.45) is 0 Å². The number of pyridine rings is 1. The molecule has 0 fully saturated rings. The molecule has 0 aliphatic carbocycles. The molecule has 0 unspecified atom stereocenters. The molecule has 0 saturated carbocycles. The van der Waals surface area contributed by atoms with E-state index in [1.807, 2.05) is 0 Å². The van der Waals surface area contributed by atoms with Gasteiger partial charge in [-0.2, -0.15) is 0 Å². The van der Waals surface area contributed by atoms with Crippen LogP contribution in [-0.2, 0) is 0 Å². The van der Waals surface area contributed by atoms with Crippen molar-refractivity contribution >= 4 is 0 Å². The third-order valence-corrected chi connectivity index (χ3v) is 1.12. The lowest BCUT2D eigenvalue weighted by Gasteiger charge is -2.07. The van der Waals surface area contributed by atoms with Crippen LogP contribution in [0.25, 0.3) is 0 Å². The average Bonchev–Trinajstić information content (AvgIpc) is 1.91. The second-order valence-electron chi connectivity index (χ2n) is 2.18. The summed E-state index contributed by atoms with van der Waals surface area (Å²) >= 11 is 0. The molecule has 1 aromatic heterocycles. The molecule has 12 heavy (non-hydrogen) atoms. The highest BCUT2D eigenvalue weighted by atomic mass is 19.4. The third-order valence-electron chi connectivity index (χ3n) is 1.12. The summed E-state index contributed by atoms with van der Waals surface area (Å²) in [5, 5.41) is 0. The van der Waals surface area contributed by atoms with Gasteiger partial charge in [0.1, 0.15) is 5.75 Å². The maximum absolute atomic E-state index is 11.6. The molecule has 0 aliphatic heterocycles. The summed E-state index contributed by atoms with van der Waals surface area (Å²) in [6.07, 6.45) is -3.61. The molecule has 0 N–H and O–H groups in total. The molecule has 1 heterocycles. The van der Waals surface area contributed by atoms with E-state index < -0.39 is 6.36 Å². The number of aryl methyl sites for hydroxylation is 1. The van der Waals surface area contributed by atoms with Gasteiger partial charge in [-0.3, -0.25) is 4.98 Å². The van der Waals surface area contributed by atoms with E-state index in [0.717, 1.165) is 6.20 Å². The lowest BCUT2D eigenvalue weighted by Crippen LogP contribution is -2.17. The molecule has 0 spiro atoms. The molecular weight excluding hydrogens is 171 g/mol. The first-order valence-corrected chi connectivity index (χ1v) is 3.16. The SMILES string of the molecule is Cc1ccc(OC(F)(F)F)cn1. The van der Waals surface area contributed by atoms with Crippen molar-refractivity contribution in [2.45, 2.75) is 13.3 Å². The predicted octanol–water partition coefficient (Wildman–Crippen LogP) is 2.29. The number of hydrogen-bond acceptors (Lipinski definition) is 2. The number of rotatable bonds is 1. The van der Waals surface area contributed by atoms with Crippen molar-refractivity contribution in [2.75, 3.05) is 0 Å². The molecule has 0 saturated heterocycles. The van der Waals surface area contributed by atoms with Crippen molar-refractivity contribution in [3.05, 3.63) is 24.0 Å². The zero-order valence-corrected chi connectivity index (χ0v) is 6.22. The minimum Gasteiger partial charge on any atom is -0.404 e. The van der Waals surface area contributed by atoms with E-state index in [9.17, 15) is 13.2 Å². The van der Waals surface area contributed by atoms with E-state index >= 15 is 0 Å². The van der Waals surface area contributed by atoms with Gasteiger partial charge in [-0.15, -0.1) is 13.2 Å². The van der Waals surface area contributed by atoms with Crippen LogP contribution in [-0.4, -0.2) is 11.3 Å². The molecule has 2 nitrogen and oxygen atoms in total. The van der Waals surface area contributed by atoms with E-state index in [-0.39, 0.29) is 5.75 Å². The molecule has 0 bridgehead atoms. The quantitative estimate of drug-likeness (QED) is 0.656. The Bertz CT molecular complexity index is 254. The van der Waals surface area contributed by atoms with Crippen LogP contribution < -0.4 is 4.74 Å². The van der Waals surface area contributed by atoms with Crippen LogP contribution >= 0.6 is 0 Å². The van der Waals surface area contributed by atoms with Crippen molar-refractivity contribution < 1.29 is 17.9 Å². The molecule has 1 rings (SSSR count). The van der Waals surface area contributed by atoms with Crippen LogP contribution in [0.5, 0.6) is 5.75 Å². The Morgan fingerprint density at radius 2 is 2.00 bits per heavy atom. The number of hydrogen-bond donors (Lipinski definition) is 0. The molecule has 66 valence electrons. The first-order chi connectivity index (χ1) is 5.47. The molecule has 0 aromatic carbocycles. The Labute approximate surface area is 67.0 Å². The van der Waals surface area contributed by atoms with Gasteiger partial charge in [0.15, 0.2) is 0 Å². The standard InChI is InChI=1S/C7H6F3NO/c1-5-2-3-6(4-11-5)12-7(8,9)10/h2-4H,1H3. The zero-order valence-electron chi connectivity index (χ0n) is 6.22. The number of ether oxygens (including phenoxy) is 1. The molecule has 0 radical (unpaired) electrons. The van der Waals surface area contributed by atoms with Gasteiger partial charge < -0.3 is 4.74 Å². The monoisotopic (exact) mass is 177 g/mol. The number of aromatic nitrogens is 1. The van der Waals surface area contributed by atoms with Crippen LogP contribution in [0.4, 0.5) is 13.2 Å². The number of nitrogens with zero attached hydrogens (tertiary/aromatic N) is 1. The second kappa shape index (κ2) is 3.00. The topological polar surface area (TPSA) is 22.1 Å². The molecule has 5 heteroatoms. The normalized spacial score (nSPS) is 11.3. The van der Waals surface area contributed by atoms with Gasteiger partial charge in [0.2, 0.25) is 0 Å². The molecule has 0 amide bonds. The maximum Gasteiger partial charge on any atom is 0.573 e. The smallest absolute Gasteiger partial charge is 0.404 e. The Hall–Kier alpha value is -1.26. The number of halogens is 3. The van der Waals surface area contributed by atoms with Crippen molar-refractivity contribution in [3.8, 4) is 5.75 Å². The first kappa shape index (κ1) is 8.83. The van der Waals surface area contributed by atoms with Crippen LogP contribution in [0.2, 0.25) is 0 Å². The van der Waals surface area contributed by atoms with Crippen molar-refractivity contribution in [1.82, 2.24) is 4.98 Å². The van der Waals surface area contributed by atoms with E-state index in [1.165, 1.54) is 12.1 Å². The summed E-state index contributed by atoms with van der Waals surface area (Å²) < 4.78 is 38.4. The summed E-state index contributed by atoms with van der Waals surface area (Å²) in [5.41, 5.74) is 0.643. The van der Waals surface area contributed by atoms with Crippen molar-refractivity contribution in [3.63, 3.8) is 0 Å². The van der Waals surface area contributed by atoms with Gasteiger partial charge in [0, 0.05) is 5.69 Å². The minimum absolute atomic E-state index is 0.298. The lowest BCUT2D eigenvalue weighted by molar-refractivity contribution is -0.274. The minimum atomic E-state index is -4.64. The Morgan fingerprint density at radius 3 is 2.42 bits per heavy atom. The first-order valence-electron chi connectivity index (χ1n) is 3.16.